The van der Waals surface area contributed by atoms with Crippen molar-refractivity contribution in [2.24, 2.45) is 0 Å². The number of hydrogen-bond acceptors (Lipinski definition) is 7. The molecule has 1 saturated heterocycles. The zero-order valence-electron chi connectivity index (χ0n) is 20.8. The lowest BCUT2D eigenvalue weighted by molar-refractivity contribution is -0.207. The van der Waals surface area contributed by atoms with Gasteiger partial charge in [-0.05, 0) is 36.4 Å². The summed E-state index contributed by atoms with van der Waals surface area (Å²) >= 11 is 5.90. The molecule has 1 amide bonds. The van der Waals surface area contributed by atoms with Crippen LogP contribution in [0.15, 0.2) is 53.7 Å². The monoisotopic (exact) mass is 598 g/mol. The maximum absolute atomic E-state index is 13.7. The molecule has 0 bridgehead atoms. The van der Waals surface area contributed by atoms with E-state index in [4.69, 9.17) is 11.6 Å². The zero-order valence-corrected chi connectivity index (χ0v) is 21.6. The van der Waals surface area contributed by atoms with Gasteiger partial charge in [0.2, 0.25) is 0 Å². The predicted molar refractivity (Wildman–Crippen MR) is 133 cm³/mol. The van der Waals surface area contributed by atoms with Crippen molar-refractivity contribution in [1.29, 1.82) is 0 Å². The van der Waals surface area contributed by atoms with Gasteiger partial charge in [-0.3, -0.25) is 9.36 Å². The topological polar surface area (TPSA) is 124 Å². The molecule has 11 nitrogen and oxygen atoms in total. The second kappa shape index (κ2) is 10.7. The maximum atomic E-state index is 13.7. The molecule has 3 aromatic heterocycles. The van der Waals surface area contributed by atoms with Crippen LogP contribution in [0.25, 0.3) is 17.1 Å². The van der Waals surface area contributed by atoms with Crippen molar-refractivity contribution in [2.45, 2.75) is 37.7 Å². The van der Waals surface area contributed by atoms with E-state index in [1.54, 1.807) is 0 Å². The van der Waals surface area contributed by atoms with Crippen LogP contribution < -0.4 is 5.69 Å². The van der Waals surface area contributed by atoms with Gasteiger partial charge in [-0.15, -0.1) is 10.2 Å². The van der Waals surface area contributed by atoms with Gasteiger partial charge < -0.3 is 10.0 Å². The van der Waals surface area contributed by atoms with Gasteiger partial charge in [0.05, 0.1) is 18.8 Å². The molecule has 4 heterocycles. The molecule has 4 aromatic rings. The number of carbonyl (C=O) groups excluding carboxylic acids is 1. The van der Waals surface area contributed by atoms with E-state index < -0.39 is 49.3 Å². The summed E-state index contributed by atoms with van der Waals surface area (Å²) in [5.41, 5.74) is -0.709. The normalized spacial score (nSPS) is 15.8. The zero-order chi connectivity index (χ0) is 29.5. The highest BCUT2D eigenvalue weighted by Gasteiger charge is 2.41. The van der Waals surface area contributed by atoms with E-state index in [9.17, 15) is 36.6 Å². The number of nitrogens with zero attached hydrogens (tertiary/aromatic N) is 8. The number of likely N-dealkylation sites (tertiary alicyclic amines) is 1. The Hall–Kier alpha value is -4.18. The lowest BCUT2D eigenvalue weighted by Gasteiger charge is -2.17. The van der Waals surface area contributed by atoms with E-state index in [0.717, 1.165) is 9.58 Å². The maximum Gasteiger partial charge on any atom is 0.416 e. The molecular formula is C24H20ClF5N8O3. The quantitative estimate of drug-likeness (QED) is 0.325. The fraction of sp³-hybridized carbons (Fsp3) is 0.333. The second-order valence-electron chi connectivity index (χ2n) is 9.25. The molecule has 0 spiro atoms. The SMILES string of the molecule is O=C(c1ncccc1-n1cnc(Cn2nc(-c3ccc(Cl)cc3)n(C[C@H](O)C(F)(F)F)c2=O)n1)N1CCC(F)(F)C1. The molecule has 17 heteroatoms. The Bertz CT molecular complexity index is 1630. The number of aliphatic hydroxyl groups is 1. The summed E-state index contributed by atoms with van der Waals surface area (Å²) < 4.78 is 69.3. The molecule has 1 aromatic carbocycles. The van der Waals surface area contributed by atoms with Gasteiger partial charge in [-0.1, -0.05) is 11.6 Å². The number of carbonyl (C=O) groups is 1. The first kappa shape index (κ1) is 28.4. The summed E-state index contributed by atoms with van der Waals surface area (Å²) in [4.78, 5) is 35.1. The molecule has 1 fully saturated rings. The molecule has 1 atom stereocenters. The minimum atomic E-state index is -4.98. The molecule has 0 unspecified atom stereocenters. The highest BCUT2D eigenvalue weighted by atomic mass is 35.5. The van der Waals surface area contributed by atoms with Crippen LogP contribution in [0.3, 0.4) is 0 Å². The Morgan fingerprint density at radius 1 is 1.12 bits per heavy atom. The van der Waals surface area contributed by atoms with Crippen LogP contribution in [0.4, 0.5) is 22.0 Å². The van der Waals surface area contributed by atoms with Crippen molar-refractivity contribution >= 4 is 17.5 Å². The molecule has 1 aliphatic rings. The van der Waals surface area contributed by atoms with Gasteiger partial charge >= 0.3 is 11.9 Å². The first-order valence-corrected chi connectivity index (χ1v) is 12.4. The lowest BCUT2D eigenvalue weighted by atomic mass is 10.2. The Morgan fingerprint density at radius 3 is 2.51 bits per heavy atom. The highest BCUT2D eigenvalue weighted by Crippen LogP contribution is 2.28. The molecule has 1 aliphatic heterocycles. The van der Waals surface area contributed by atoms with Crippen LogP contribution in [0.1, 0.15) is 22.7 Å². The molecule has 0 radical (unpaired) electrons. The Labute approximate surface area is 232 Å². The predicted octanol–water partition coefficient (Wildman–Crippen LogP) is 2.79. The van der Waals surface area contributed by atoms with E-state index in [1.807, 2.05) is 0 Å². The van der Waals surface area contributed by atoms with Crippen molar-refractivity contribution in [1.82, 2.24) is 39.0 Å². The van der Waals surface area contributed by atoms with E-state index in [2.05, 4.69) is 20.2 Å². The lowest BCUT2D eigenvalue weighted by Crippen LogP contribution is -2.37. The number of benzene rings is 1. The summed E-state index contributed by atoms with van der Waals surface area (Å²) in [5, 5.41) is 18.4. The molecule has 0 saturated carbocycles. The number of rotatable bonds is 7. The summed E-state index contributed by atoms with van der Waals surface area (Å²) in [5.74, 6) is -3.88. The van der Waals surface area contributed by atoms with Crippen LogP contribution in [-0.2, 0) is 13.1 Å². The standard InChI is InChI=1S/C24H20ClF5N8O3/c25-15-5-3-14(4-6-15)20-34-37(22(41)36(20)10-17(39)24(28,29)30)11-18-32-13-38(33-18)16-2-1-8-31-19(16)21(40)35-9-7-23(26,27)12-35/h1-6,8,13,17,39H,7,9-12H2/t17-/m0/s1. The minimum Gasteiger partial charge on any atom is -0.382 e. The number of aliphatic hydroxyl groups excluding tert-OH is 1. The summed E-state index contributed by atoms with van der Waals surface area (Å²) in [6.45, 7) is -2.38. The molecular weight excluding hydrogens is 579 g/mol. The first-order chi connectivity index (χ1) is 19.3. The first-order valence-electron chi connectivity index (χ1n) is 12.0. The molecule has 216 valence electrons. The van der Waals surface area contributed by atoms with Gasteiger partial charge in [0.15, 0.2) is 23.4 Å². The molecule has 41 heavy (non-hydrogen) atoms. The average molecular weight is 599 g/mol. The third kappa shape index (κ3) is 5.97. The highest BCUT2D eigenvalue weighted by molar-refractivity contribution is 6.30. The van der Waals surface area contributed by atoms with Crippen molar-refractivity contribution in [3.8, 4) is 17.1 Å². The Morgan fingerprint density at radius 2 is 1.85 bits per heavy atom. The fourth-order valence-corrected chi connectivity index (χ4v) is 4.35. The Kier molecular flexibility index (Phi) is 7.37. The van der Waals surface area contributed by atoms with Crippen LogP contribution in [-0.4, -0.2) is 81.3 Å². The molecule has 1 N–H and O–H groups in total. The van der Waals surface area contributed by atoms with E-state index >= 15 is 0 Å². The van der Waals surface area contributed by atoms with Crippen molar-refractivity contribution in [3.63, 3.8) is 0 Å². The van der Waals surface area contributed by atoms with Crippen LogP contribution in [0, 0.1) is 0 Å². The fourth-order valence-electron chi connectivity index (χ4n) is 4.22. The van der Waals surface area contributed by atoms with Crippen molar-refractivity contribution in [3.05, 3.63) is 75.9 Å². The number of alkyl halides is 5. The van der Waals surface area contributed by atoms with Crippen LogP contribution >= 0.6 is 11.6 Å². The van der Waals surface area contributed by atoms with E-state index in [-0.39, 0.29) is 41.7 Å². The third-order valence-corrected chi connectivity index (χ3v) is 6.53. The van der Waals surface area contributed by atoms with Crippen molar-refractivity contribution < 1.29 is 31.9 Å². The summed E-state index contributed by atoms with van der Waals surface area (Å²) in [6.07, 6.45) is -5.75. The molecule has 5 rings (SSSR count). The van der Waals surface area contributed by atoms with E-state index in [1.165, 1.54) is 53.6 Å². The Balaban J connectivity index is 1.45. The largest absolute Gasteiger partial charge is 0.416 e. The van der Waals surface area contributed by atoms with Gasteiger partial charge in [0.1, 0.15) is 12.9 Å². The van der Waals surface area contributed by atoms with Crippen molar-refractivity contribution in [2.75, 3.05) is 13.1 Å². The summed E-state index contributed by atoms with van der Waals surface area (Å²) in [6, 6.07) is 8.81. The van der Waals surface area contributed by atoms with E-state index in [0.29, 0.717) is 9.59 Å². The number of amides is 1. The average Bonchev–Trinajstić information content (AvgIpc) is 3.62. The minimum absolute atomic E-state index is 0.00858. The second-order valence-corrected chi connectivity index (χ2v) is 9.68. The number of halogens is 6. The number of pyridine rings is 1. The van der Waals surface area contributed by atoms with Crippen LogP contribution in [0.2, 0.25) is 5.02 Å². The van der Waals surface area contributed by atoms with Gasteiger partial charge in [-0.2, -0.15) is 13.2 Å². The van der Waals surface area contributed by atoms with Gasteiger partial charge in [0.25, 0.3) is 11.8 Å². The third-order valence-electron chi connectivity index (χ3n) is 6.28. The van der Waals surface area contributed by atoms with Crippen LogP contribution in [0.5, 0.6) is 0 Å². The van der Waals surface area contributed by atoms with Gasteiger partial charge in [0, 0.05) is 29.7 Å². The van der Waals surface area contributed by atoms with Gasteiger partial charge in [-0.25, -0.2) is 32.9 Å². The summed E-state index contributed by atoms with van der Waals surface area (Å²) in [7, 11) is 0. The molecule has 0 aliphatic carbocycles. The number of aromatic nitrogens is 7. The number of hydrogen-bond donors (Lipinski definition) is 1. The smallest absolute Gasteiger partial charge is 0.382 e.